The highest BCUT2D eigenvalue weighted by Crippen LogP contribution is 2.73. The summed E-state index contributed by atoms with van der Waals surface area (Å²) < 4.78 is 39.3. The van der Waals surface area contributed by atoms with E-state index < -0.39 is 131 Å². The summed E-state index contributed by atoms with van der Waals surface area (Å²) in [5.41, 5.74) is -6.13. The van der Waals surface area contributed by atoms with Gasteiger partial charge >= 0.3 is 23.9 Å². The summed E-state index contributed by atoms with van der Waals surface area (Å²) in [5.74, 6) is -8.11. The van der Waals surface area contributed by atoms with Crippen LogP contribution in [0.15, 0.2) is 23.5 Å². The van der Waals surface area contributed by atoms with E-state index in [9.17, 15) is 54.6 Å². The molecule has 5 fully saturated rings. The van der Waals surface area contributed by atoms with E-state index in [-0.39, 0.29) is 25.2 Å². The van der Waals surface area contributed by atoms with Crippen molar-refractivity contribution in [1.29, 1.82) is 0 Å². The highest BCUT2D eigenvalue weighted by Gasteiger charge is 2.85. The van der Waals surface area contributed by atoms with Crippen molar-refractivity contribution in [3.05, 3.63) is 23.5 Å². The third kappa shape index (κ3) is 5.71. The number of hydrogen-bond donors (Lipinski definition) is 6. The van der Waals surface area contributed by atoms with E-state index in [2.05, 4.69) is 0 Å². The number of carbonyl (C=O) groups excluding carboxylic acids is 5. The van der Waals surface area contributed by atoms with Crippen LogP contribution in [0.25, 0.3) is 0 Å². The van der Waals surface area contributed by atoms with Crippen LogP contribution in [0.4, 0.5) is 0 Å². The molecule has 18 heteroatoms. The van der Waals surface area contributed by atoms with Crippen molar-refractivity contribution in [3.63, 3.8) is 0 Å². The zero-order valence-corrected chi connectivity index (χ0v) is 30.0. The molecule has 6 rings (SSSR count). The number of allylic oxidation sites excluding steroid dienone is 2. The van der Waals surface area contributed by atoms with Crippen LogP contribution in [0.3, 0.4) is 0 Å². The van der Waals surface area contributed by atoms with Crippen LogP contribution in [-0.4, -0.2) is 147 Å². The molecule has 3 aliphatic carbocycles. The lowest BCUT2D eigenvalue weighted by Gasteiger charge is -2.67. The molecule has 1 spiro atoms. The van der Waals surface area contributed by atoms with E-state index in [1.165, 1.54) is 26.8 Å². The maximum atomic E-state index is 14.0. The van der Waals surface area contributed by atoms with Crippen LogP contribution in [0.5, 0.6) is 0 Å². The quantitative estimate of drug-likeness (QED) is 0.0864. The first kappa shape index (κ1) is 39.2. The molecular formula is C35H46O18. The minimum atomic E-state index is -2.40. The molecule has 6 aliphatic rings. The number of Topliss-reactive ketones (excluding diaryl/α,β-unsaturated/α-hetero) is 1. The number of methoxy groups -OCH3 is 1. The van der Waals surface area contributed by atoms with Crippen LogP contribution >= 0.6 is 0 Å². The van der Waals surface area contributed by atoms with Gasteiger partial charge < -0.3 is 63.8 Å². The second kappa shape index (κ2) is 13.4. The summed E-state index contributed by atoms with van der Waals surface area (Å²) in [5, 5.41) is 64.6. The van der Waals surface area contributed by atoms with Crippen LogP contribution in [0, 0.1) is 28.6 Å². The van der Waals surface area contributed by atoms with Crippen LogP contribution in [0.2, 0.25) is 0 Å². The van der Waals surface area contributed by atoms with E-state index in [1.807, 2.05) is 0 Å². The van der Waals surface area contributed by atoms with E-state index in [1.54, 1.807) is 13.8 Å². The Hall–Kier alpha value is -3.49. The molecule has 3 heterocycles. The van der Waals surface area contributed by atoms with E-state index >= 15 is 0 Å². The van der Waals surface area contributed by atoms with Gasteiger partial charge in [0.2, 0.25) is 18.0 Å². The Labute approximate surface area is 303 Å². The number of rotatable bonds is 8. The first-order chi connectivity index (χ1) is 24.7. The fourth-order valence-electron chi connectivity index (χ4n) is 10.1. The SMILES string of the molecule is COC(=O)[C@@]12OC[C@]34[C@H]([C@@H](O)[C@@H]1O)[C@@]1(C)CC(=O)C(O[C@@H]5O[C@H](CO)[C@@H](O)[C@H](O)[C@H]5O)=C(C)[C@@H]1C[C@H]3OC(=O)[C@H](OC(=O)/C=C/C(C)(C)OC(C)=O)[C@@H]24. The topological polar surface area (TPSA) is 271 Å². The predicted molar refractivity (Wildman–Crippen MR) is 170 cm³/mol. The van der Waals surface area contributed by atoms with Gasteiger partial charge in [-0.3, -0.25) is 9.59 Å². The summed E-state index contributed by atoms with van der Waals surface area (Å²) in [6.07, 6.45) is -13.3. The Kier molecular flexibility index (Phi) is 9.89. The second-order valence-electron chi connectivity index (χ2n) is 15.6. The van der Waals surface area contributed by atoms with Gasteiger partial charge in [0.25, 0.3) is 0 Å². The maximum absolute atomic E-state index is 14.0. The Morgan fingerprint density at radius 2 is 1.70 bits per heavy atom. The van der Waals surface area contributed by atoms with Gasteiger partial charge in [-0.1, -0.05) is 6.92 Å². The smallest absolute Gasteiger partial charge is 0.348 e. The van der Waals surface area contributed by atoms with Crippen molar-refractivity contribution >= 4 is 29.7 Å². The molecule has 294 valence electrons. The lowest BCUT2D eigenvalue weighted by Crippen LogP contribution is -2.79. The molecule has 6 N–H and O–H groups in total. The standard InChI is InChI=1S/C35H46O18/c1-13-15-9-18-34-12-48-35(31(46)47-6,27(34)25(29(45)50-18)51-19(39)7-8-32(3,4)53-14(2)37)28(44)23(43)26(34)33(15,5)10-16(38)24(13)52-30-22(42)21(41)20(40)17(11-36)49-30/h7-8,15,17-18,20-23,25-28,30,36,40-44H,9-12H2,1-6H3/b8-7+/t15-,17+,18+,20+,21-,22+,23+,25+,26+,27+,28-,30-,33-,34+,35-/m0/s1. The van der Waals surface area contributed by atoms with Crippen LogP contribution in [-0.2, 0) is 57.1 Å². The van der Waals surface area contributed by atoms with Gasteiger partial charge in [0.05, 0.1) is 32.3 Å². The van der Waals surface area contributed by atoms with Gasteiger partial charge in [-0.25, -0.2) is 14.4 Å². The number of ketones is 1. The average Bonchev–Trinajstić information content (AvgIpc) is 3.39. The Balaban J connectivity index is 1.40. The Bertz CT molecular complexity index is 1620. The molecule has 2 bridgehead atoms. The minimum Gasteiger partial charge on any atom is -0.467 e. The van der Waals surface area contributed by atoms with Gasteiger partial charge in [-0.2, -0.15) is 0 Å². The van der Waals surface area contributed by atoms with E-state index in [0.717, 1.165) is 13.2 Å². The molecule has 3 saturated heterocycles. The third-order valence-corrected chi connectivity index (χ3v) is 12.2. The highest BCUT2D eigenvalue weighted by molar-refractivity contribution is 5.96. The Morgan fingerprint density at radius 1 is 1.02 bits per heavy atom. The number of ether oxygens (including phenoxy) is 7. The molecule has 0 aromatic rings. The molecule has 15 atom stereocenters. The normalized spacial score (nSPS) is 44.8. The fourth-order valence-corrected chi connectivity index (χ4v) is 10.1. The zero-order chi connectivity index (χ0) is 39.2. The van der Waals surface area contributed by atoms with Crippen molar-refractivity contribution in [2.75, 3.05) is 20.3 Å². The predicted octanol–water partition coefficient (Wildman–Crippen LogP) is -2.29. The van der Waals surface area contributed by atoms with Gasteiger partial charge in [-0.15, -0.1) is 0 Å². The summed E-state index contributed by atoms with van der Waals surface area (Å²) in [6.45, 7) is 6.34. The molecule has 18 nitrogen and oxygen atoms in total. The molecule has 0 aromatic carbocycles. The van der Waals surface area contributed by atoms with E-state index in [0.29, 0.717) is 5.57 Å². The molecule has 2 saturated carbocycles. The minimum absolute atomic E-state index is 0.0174. The molecule has 0 amide bonds. The zero-order valence-electron chi connectivity index (χ0n) is 30.0. The molecular weight excluding hydrogens is 708 g/mol. The first-order valence-electron chi connectivity index (χ1n) is 17.3. The maximum Gasteiger partial charge on any atom is 0.348 e. The first-order valence-corrected chi connectivity index (χ1v) is 17.3. The van der Waals surface area contributed by atoms with Crippen LogP contribution < -0.4 is 0 Å². The average molecular weight is 755 g/mol. The van der Waals surface area contributed by atoms with Crippen molar-refractivity contribution < 1.29 is 87.8 Å². The molecule has 3 aliphatic heterocycles. The number of aliphatic hydroxyl groups is 6. The van der Waals surface area contributed by atoms with Crippen molar-refractivity contribution in [3.8, 4) is 0 Å². The lowest BCUT2D eigenvalue weighted by molar-refractivity contribution is -0.296. The summed E-state index contributed by atoms with van der Waals surface area (Å²) in [4.78, 5) is 66.3. The monoisotopic (exact) mass is 754 g/mol. The van der Waals surface area contributed by atoms with Crippen molar-refractivity contribution in [2.45, 2.75) is 114 Å². The van der Waals surface area contributed by atoms with Gasteiger partial charge in [-0.05, 0) is 50.2 Å². The summed E-state index contributed by atoms with van der Waals surface area (Å²) in [7, 11) is 1.03. The molecule has 0 aromatic heterocycles. The number of esters is 4. The molecule has 0 radical (unpaired) electrons. The molecule has 53 heavy (non-hydrogen) atoms. The van der Waals surface area contributed by atoms with Gasteiger partial charge in [0.15, 0.2) is 11.5 Å². The van der Waals surface area contributed by atoms with E-state index in [4.69, 9.17) is 33.2 Å². The van der Waals surface area contributed by atoms with Crippen LogP contribution in [0.1, 0.15) is 47.5 Å². The summed E-state index contributed by atoms with van der Waals surface area (Å²) >= 11 is 0. The fraction of sp³-hybridized carbons (Fsp3) is 0.743. The number of aliphatic hydroxyl groups excluding tert-OH is 6. The number of fused-ring (bicyclic) bond motifs is 2. The Morgan fingerprint density at radius 3 is 2.32 bits per heavy atom. The number of carbonyl (C=O) groups is 5. The largest absolute Gasteiger partial charge is 0.467 e. The van der Waals surface area contributed by atoms with Gasteiger partial charge in [0.1, 0.15) is 42.2 Å². The third-order valence-electron chi connectivity index (χ3n) is 12.2. The van der Waals surface area contributed by atoms with Gasteiger partial charge in [0, 0.05) is 30.8 Å². The summed E-state index contributed by atoms with van der Waals surface area (Å²) in [6, 6.07) is 0. The molecule has 0 unspecified atom stereocenters. The number of hydrogen-bond acceptors (Lipinski definition) is 18. The van der Waals surface area contributed by atoms with Crippen molar-refractivity contribution in [2.24, 2.45) is 28.6 Å². The highest BCUT2D eigenvalue weighted by atomic mass is 16.7. The second-order valence-corrected chi connectivity index (χ2v) is 15.6. The van der Waals surface area contributed by atoms with Crippen molar-refractivity contribution in [1.82, 2.24) is 0 Å². The lowest BCUT2D eigenvalue weighted by atomic mass is 9.38.